The Hall–Kier alpha value is -1.56. The zero-order chi connectivity index (χ0) is 13.7. The summed E-state index contributed by atoms with van der Waals surface area (Å²) < 4.78 is 56.5. The Bertz CT molecular complexity index is 270. The van der Waals surface area contributed by atoms with Crippen molar-refractivity contribution >= 4 is 0 Å². The molecule has 0 bridgehead atoms. The van der Waals surface area contributed by atoms with Gasteiger partial charge < -0.3 is 9.47 Å². The van der Waals surface area contributed by atoms with E-state index in [0.717, 1.165) is 0 Å². The molecule has 0 amide bonds. The molecule has 0 spiro atoms. The van der Waals surface area contributed by atoms with E-state index in [1.165, 1.54) is 0 Å². The van der Waals surface area contributed by atoms with Crippen molar-refractivity contribution in [3.63, 3.8) is 0 Å². The summed E-state index contributed by atoms with van der Waals surface area (Å²) in [4.78, 5) is 15.5. The molecule has 0 aromatic carbocycles. The smallest absolute Gasteiger partial charge is 0.341 e. The molecule has 0 atom stereocenters. The van der Waals surface area contributed by atoms with Gasteiger partial charge in [-0.2, -0.15) is 0 Å². The minimum absolute atomic E-state index is 1.16. The molecule has 0 aromatic heterocycles. The highest BCUT2D eigenvalue weighted by molar-refractivity contribution is 4.48. The van der Waals surface area contributed by atoms with Crippen LogP contribution in [0, 0.1) is 20.2 Å². The standard InChI is InChI=1S/C5H6F4N2O6/c6-4(7,10(12)13)1-16-3-17-2-5(8,9)11(14)15/h1-3H2. The van der Waals surface area contributed by atoms with Gasteiger partial charge in [0.25, 0.3) is 0 Å². The van der Waals surface area contributed by atoms with Crippen LogP contribution < -0.4 is 0 Å². The molecular weight excluding hydrogens is 260 g/mol. The van der Waals surface area contributed by atoms with Crippen molar-refractivity contribution in [2.24, 2.45) is 0 Å². The lowest BCUT2D eigenvalue weighted by Crippen LogP contribution is -2.35. The third kappa shape index (κ3) is 5.35. The molecule has 100 valence electrons. The van der Waals surface area contributed by atoms with E-state index in [1.54, 1.807) is 0 Å². The van der Waals surface area contributed by atoms with Gasteiger partial charge in [0.2, 0.25) is 0 Å². The topological polar surface area (TPSA) is 105 Å². The highest BCUT2D eigenvalue weighted by atomic mass is 19.3. The van der Waals surface area contributed by atoms with E-state index in [-0.39, 0.29) is 0 Å². The van der Waals surface area contributed by atoms with Crippen LogP contribution in [0.2, 0.25) is 0 Å². The van der Waals surface area contributed by atoms with Gasteiger partial charge in [-0.05, 0) is 0 Å². The zero-order valence-electron chi connectivity index (χ0n) is 7.98. The minimum Gasteiger partial charge on any atom is -0.341 e. The highest BCUT2D eigenvalue weighted by Gasteiger charge is 2.45. The second kappa shape index (κ2) is 5.67. The van der Waals surface area contributed by atoms with Gasteiger partial charge in [0.1, 0.15) is 6.79 Å². The fourth-order valence-corrected chi connectivity index (χ4v) is 0.493. The van der Waals surface area contributed by atoms with E-state index in [9.17, 15) is 37.8 Å². The van der Waals surface area contributed by atoms with Gasteiger partial charge in [-0.1, -0.05) is 0 Å². The van der Waals surface area contributed by atoms with Crippen LogP contribution in [0.3, 0.4) is 0 Å². The largest absolute Gasteiger partial charge is 0.534 e. The van der Waals surface area contributed by atoms with E-state index in [0.29, 0.717) is 0 Å². The second-order valence-electron chi connectivity index (χ2n) is 2.66. The van der Waals surface area contributed by atoms with Gasteiger partial charge in [-0.3, -0.25) is 20.2 Å². The summed E-state index contributed by atoms with van der Waals surface area (Å²) in [6.45, 7) is -4.54. The third-order valence-electron chi connectivity index (χ3n) is 1.25. The maximum Gasteiger partial charge on any atom is 0.534 e. The Labute approximate surface area is 90.4 Å². The van der Waals surface area contributed by atoms with E-state index in [1.807, 2.05) is 0 Å². The monoisotopic (exact) mass is 266 g/mol. The first kappa shape index (κ1) is 15.4. The number of hydrogen-bond acceptors (Lipinski definition) is 6. The summed E-state index contributed by atoms with van der Waals surface area (Å²) in [6, 6.07) is -8.76. The Morgan fingerprint density at radius 1 is 0.882 bits per heavy atom. The molecule has 0 saturated carbocycles. The number of nitro groups is 2. The Morgan fingerprint density at radius 3 is 1.41 bits per heavy atom. The highest BCUT2D eigenvalue weighted by Crippen LogP contribution is 2.15. The van der Waals surface area contributed by atoms with Crippen LogP contribution >= 0.6 is 0 Å². The molecule has 8 nitrogen and oxygen atoms in total. The van der Waals surface area contributed by atoms with Crippen molar-refractivity contribution in [3.05, 3.63) is 20.2 Å². The molecule has 0 heterocycles. The normalized spacial score (nSPS) is 12.5. The molecular formula is C5H6F4N2O6. The zero-order valence-corrected chi connectivity index (χ0v) is 7.98. The van der Waals surface area contributed by atoms with Crippen LogP contribution in [0.4, 0.5) is 17.6 Å². The lowest BCUT2D eigenvalue weighted by molar-refractivity contribution is -0.651. The van der Waals surface area contributed by atoms with E-state index < -0.39 is 41.9 Å². The summed E-state index contributed by atoms with van der Waals surface area (Å²) in [5.41, 5.74) is 0. The summed E-state index contributed by atoms with van der Waals surface area (Å²) >= 11 is 0. The van der Waals surface area contributed by atoms with Crippen LogP contribution in [0.25, 0.3) is 0 Å². The van der Waals surface area contributed by atoms with E-state index >= 15 is 0 Å². The minimum atomic E-state index is -4.38. The summed E-state index contributed by atoms with van der Waals surface area (Å²) in [7, 11) is 0. The number of ether oxygens (including phenoxy) is 2. The molecule has 0 unspecified atom stereocenters. The molecule has 0 radical (unpaired) electrons. The van der Waals surface area contributed by atoms with Crippen molar-refractivity contribution < 1.29 is 36.9 Å². The maximum atomic E-state index is 12.2. The molecule has 0 aliphatic carbocycles. The predicted molar refractivity (Wildman–Crippen MR) is 40.7 cm³/mol. The van der Waals surface area contributed by atoms with Gasteiger partial charge in [0, 0.05) is 0 Å². The molecule has 0 rings (SSSR count). The molecule has 0 fully saturated rings. The molecule has 0 aliphatic rings. The van der Waals surface area contributed by atoms with Crippen LogP contribution in [0.15, 0.2) is 0 Å². The molecule has 0 aliphatic heterocycles. The van der Waals surface area contributed by atoms with Crippen molar-refractivity contribution in [2.75, 3.05) is 20.0 Å². The number of rotatable bonds is 8. The first-order chi connectivity index (χ1) is 7.59. The van der Waals surface area contributed by atoms with Crippen LogP contribution in [0.1, 0.15) is 0 Å². The molecule has 0 saturated heterocycles. The number of halogens is 4. The van der Waals surface area contributed by atoms with Crippen molar-refractivity contribution in [1.29, 1.82) is 0 Å². The van der Waals surface area contributed by atoms with Crippen molar-refractivity contribution in [1.82, 2.24) is 0 Å². The number of hydrogen-bond donors (Lipinski definition) is 0. The van der Waals surface area contributed by atoms with Gasteiger partial charge in [-0.25, -0.2) is 0 Å². The third-order valence-corrected chi connectivity index (χ3v) is 1.25. The SMILES string of the molecule is O=[N+]([O-])C(F)(F)COCOCC(F)(F)[N+](=O)[O-]. The van der Waals surface area contributed by atoms with E-state index in [4.69, 9.17) is 0 Å². The molecule has 0 N–H and O–H groups in total. The van der Waals surface area contributed by atoms with Crippen LogP contribution in [-0.4, -0.2) is 41.9 Å². The lowest BCUT2D eigenvalue weighted by Gasteiger charge is -2.10. The fraction of sp³-hybridized carbons (Fsp3) is 1.00. The lowest BCUT2D eigenvalue weighted by atomic mass is 10.6. The van der Waals surface area contributed by atoms with Gasteiger partial charge in [0.05, 0.1) is 9.85 Å². The molecule has 17 heavy (non-hydrogen) atoms. The Balaban J connectivity index is 3.81. The molecule has 0 aromatic rings. The summed E-state index contributed by atoms with van der Waals surface area (Å²) in [5.74, 6) is 0. The van der Waals surface area contributed by atoms with Gasteiger partial charge >= 0.3 is 12.1 Å². The average molecular weight is 266 g/mol. The quantitative estimate of drug-likeness (QED) is 0.160. The van der Waals surface area contributed by atoms with Crippen molar-refractivity contribution in [3.8, 4) is 0 Å². The fourth-order valence-electron chi connectivity index (χ4n) is 0.493. The van der Waals surface area contributed by atoms with Crippen LogP contribution in [-0.2, 0) is 9.47 Å². The molecule has 12 heteroatoms. The van der Waals surface area contributed by atoms with Crippen LogP contribution in [0.5, 0.6) is 0 Å². The number of alkyl halides is 4. The second-order valence-corrected chi connectivity index (χ2v) is 2.66. The Kier molecular flexibility index (Phi) is 5.15. The first-order valence-corrected chi connectivity index (χ1v) is 3.80. The predicted octanol–water partition coefficient (Wildman–Crippen LogP) is 0.716. The number of nitrogens with zero attached hydrogens (tertiary/aromatic N) is 2. The first-order valence-electron chi connectivity index (χ1n) is 3.80. The summed E-state index contributed by atoms with van der Waals surface area (Å²) in [6.07, 6.45) is 0. The maximum absolute atomic E-state index is 12.2. The average Bonchev–Trinajstić information content (AvgIpc) is 2.16. The van der Waals surface area contributed by atoms with Crippen molar-refractivity contribution in [2.45, 2.75) is 12.1 Å². The summed E-state index contributed by atoms with van der Waals surface area (Å²) in [5, 5.41) is 19.3. The van der Waals surface area contributed by atoms with Gasteiger partial charge in [0.15, 0.2) is 13.2 Å². The van der Waals surface area contributed by atoms with Gasteiger partial charge in [-0.15, -0.1) is 17.6 Å². The Morgan fingerprint density at radius 2 is 1.18 bits per heavy atom. The van der Waals surface area contributed by atoms with E-state index in [2.05, 4.69) is 9.47 Å².